The van der Waals surface area contributed by atoms with Gasteiger partial charge in [-0.3, -0.25) is 4.90 Å². The van der Waals surface area contributed by atoms with Gasteiger partial charge in [-0.1, -0.05) is 65.7 Å². The number of hydrogen-bond donors (Lipinski definition) is 1. The van der Waals surface area contributed by atoms with Gasteiger partial charge >= 0.3 is 0 Å². The molecule has 1 aliphatic rings. The van der Waals surface area contributed by atoms with Crippen molar-refractivity contribution in [2.75, 3.05) is 19.7 Å². The minimum atomic E-state index is 0. The zero-order chi connectivity index (χ0) is 23.8. The van der Waals surface area contributed by atoms with Gasteiger partial charge in [-0.05, 0) is 73.8 Å². The summed E-state index contributed by atoms with van der Waals surface area (Å²) in [5.41, 5.74) is 3.50. The Morgan fingerprint density at radius 2 is 1.56 bits per heavy atom. The fraction of sp³-hybridized carbons (Fsp3) is 0.357. The van der Waals surface area contributed by atoms with Gasteiger partial charge in [-0.25, -0.2) is 0 Å². The summed E-state index contributed by atoms with van der Waals surface area (Å²) in [7, 11) is 0. The average molecular weight is 572 g/mol. The van der Waals surface area contributed by atoms with Crippen LogP contribution >= 0.6 is 48.0 Å². The lowest BCUT2D eigenvalue weighted by Gasteiger charge is -2.32. The van der Waals surface area contributed by atoms with Crippen LogP contribution in [0.25, 0.3) is 0 Å². The maximum Gasteiger partial charge on any atom is 0.180 e. The maximum atomic E-state index is 6.62. The van der Waals surface area contributed by atoms with Gasteiger partial charge in [0.05, 0.1) is 11.6 Å². The summed E-state index contributed by atoms with van der Waals surface area (Å²) in [6.07, 6.45) is 2.28. The lowest BCUT2D eigenvalue weighted by atomic mass is 10.0. The molecule has 1 fully saturated rings. The molecule has 1 saturated heterocycles. The molecule has 0 unspecified atom stereocenters. The summed E-state index contributed by atoms with van der Waals surface area (Å²) in [5.74, 6) is 1.26. The standard InChI is InChI=1S/C28H32Cl2N2O2.2ClH/c1-2-33-27-17-23(16-26(30)28(27)34-20-22-8-10-24(29)11-9-22)18-31-25-12-14-32(15-13-25)19-21-6-4-3-5-7-21;;/h3-11,16-17,25,31H,2,12-15,18-20H2,1H3;2*1H. The number of rotatable bonds is 10. The number of benzene rings is 3. The molecule has 3 aromatic carbocycles. The quantitative estimate of drug-likeness (QED) is 0.272. The first kappa shape index (κ1) is 30.6. The van der Waals surface area contributed by atoms with Crippen molar-refractivity contribution in [2.45, 2.75) is 45.5 Å². The van der Waals surface area contributed by atoms with E-state index in [1.165, 1.54) is 5.56 Å². The number of hydrogen-bond acceptors (Lipinski definition) is 4. The van der Waals surface area contributed by atoms with Crippen LogP contribution in [-0.4, -0.2) is 30.6 Å². The second kappa shape index (κ2) is 15.6. The monoisotopic (exact) mass is 570 g/mol. The Bertz CT molecular complexity index is 1040. The molecule has 1 heterocycles. The zero-order valence-corrected chi connectivity index (χ0v) is 23.6. The van der Waals surface area contributed by atoms with Crippen molar-refractivity contribution in [3.8, 4) is 11.5 Å². The molecule has 0 amide bonds. The van der Waals surface area contributed by atoms with Crippen LogP contribution in [0.2, 0.25) is 10.0 Å². The van der Waals surface area contributed by atoms with Gasteiger partial charge in [-0.2, -0.15) is 0 Å². The van der Waals surface area contributed by atoms with E-state index in [1.807, 2.05) is 43.3 Å². The summed E-state index contributed by atoms with van der Waals surface area (Å²) < 4.78 is 11.9. The lowest BCUT2D eigenvalue weighted by Crippen LogP contribution is -2.41. The van der Waals surface area contributed by atoms with Gasteiger partial charge in [0.1, 0.15) is 6.61 Å². The fourth-order valence-corrected chi connectivity index (χ4v) is 4.68. The maximum absolute atomic E-state index is 6.62. The molecule has 0 aliphatic carbocycles. The molecule has 0 bridgehead atoms. The highest BCUT2D eigenvalue weighted by molar-refractivity contribution is 6.32. The van der Waals surface area contributed by atoms with E-state index in [0.29, 0.717) is 40.8 Å². The molecule has 4 rings (SSSR count). The summed E-state index contributed by atoms with van der Waals surface area (Å²) in [6.45, 7) is 6.90. The molecule has 0 atom stereocenters. The first-order valence-electron chi connectivity index (χ1n) is 11.9. The predicted octanol–water partition coefficient (Wildman–Crippen LogP) is 7.57. The van der Waals surface area contributed by atoms with Crippen molar-refractivity contribution >= 4 is 48.0 Å². The number of piperidine rings is 1. The molecule has 1 N–H and O–H groups in total. The summed E-state index contributed by atoms with van der Waals surface area (Å²) >= 11 is 12.6. The van der Waals surface area contributed by atoms with E-state index in [9.17, 15) is 0 Å². The first-order chi connectivity index (χ1) is 16.6. The van der Waals surface area contributed by atoms with Crippen LogP contribution in [0.15, 0.2) is 66.7 Å². The number of nitrogens with one attached hydrogen (secondary N) is 1. The van der Waals surface area contributed by atoms with Gasteiger partial charge < -0.3 is 14.8 Å². The second-order valence-electron chi connectivity index (χ2n) is 8.67. The van der Waals surface area contributed by atoms with Crippen LogP contribution in [-0.2, 0) is 19.7 Å². The smallest absolute Gasteiger partial charge is 0.180 e. The zero-order valence-electron chi connectivity index (χ0n) is 20.4. The molecule has 8 heteroatoms. The normalized spacial score (nSPS) is 14.0. The van der Waals surface area contributed by atoms with E-state index < -0.39 is 0 Å². The van der Waals surface area contributed by atoms with Gasteiger partial charge in [0, 0.05) is 24.2 Å². The van der Waals surface area contributed by atoms with Crippen molar-refractivity contribution in [3.63, 3.8) is 0 Å². The third kappa shape index (κ3) is 9.02. The molecule has 0 aromatic heterocycles. The predicted molar refractivity (Wildman–Crippen MR) is 154 cm³/mol. The molecule has 4 nitrogen and oxygen atoms in total. The SMILES string of the molecule is CCOc1cc(CNC2CCN(Cc3ccccc3)CC2)cc(Cl)c1OCc1ccc(Cl)cc1.Cl.Cl. The molecule has 0 radical (unpaired) electrons. The van der Waals surface area contributed by atoms with Crippen LogP contribution in [0.1, 0.15) is 36.5 Å². The van der Waals surface area contributed by atoms with Gasteiger partial charge in [0.15, 0.2) is 11.5 Å². The average Bonchev–Trinajstić information content (AvgIpc) is 2.85. The summed E-state index contributed by atoms with van der Waals surface area (Å²) in [4.78, 5) is 2.53. The van der Waals surface area contributed by atoms with Crippen molar-refractivity contribution in [1.82, 2.24) is 10.2 Å². The number of halogens is 4. The van der Waals surface area contributed by atoms with Crippen molar-refractivity contribution in [2.24, 2.45) is 0 Å². The van der Waals surface area contributed by atoms with Crippen molar-refractivity contribution < 1.29 is 9.47 Å². The van der Waals surface area contributed by atoms with Gasteiger partial charge in [0.25, 0.3) is 0 Å². The van der Waals surface area contributed by atoms with E-state index >= 15 is 0 Å². The van der Waals surface area contributed by atoms with Gasteiger partial charge in [-0.15, -0.1) is 24.8 Å². The van der Waals surface area contributed by atoms with Crippen molar-refractivity contribution in [1.29, 1.82) is 0 Å². The van der Waals surface area contributed by atoms with Crippen LogP contribution < -0.4 is 14.8 Å². The molecule has 0 spiro atoms. The van der Waals surface area contributed by atoms with E-state index in [1.54, 1.807) is 0 Å². The number of ether oxygens (including phenoxy) is 2. The van der Waals surface area contributed by atoms with E-state index in [-0.39, 0.29) is 24.8 Å². The Kier molecular flexibility index (Phi) is 13.2. The minimum Gasteiger partial charge on any atom is -0.490 e. The summed E-state index contributed by atoms with van der Waals surface area (Å²) in [5, 5.41) is 4.98. The van der Waals surface area contributed by atoms with E-state index in [0.717, 1.165) is 50.1 Å². The van der Waals surface area contributed by atoms with Gasteiger partial charge in [0.2, 0.25) is 0 Å². The Morgan fingerprint density at radius 3 is 2.22 bits per heavy atom. The number of nitrogens with zero attached hydrogens (tertiary/aromatic N) is 1. The highest BCUT2D eigenvalue weighted by Crippen LogP contribution is 2.37. The second-order valence-corrected chi connectivity index (χ2v) is 9.51. The van der Waals surface area contributed by atoms with Crippen molar-refractivity contribution in [3.05, 3.63) is 93.5 Å². The molecular weight excluding hydrogens is 538 g/mol. The van der Waals surface area contributed by atoms with Crippen LogP contribution in [0, 0.1) is 0 Å². The van der Waals surface area contributed by atoms with Crippen LogP contribution in [0.3, 0.4) is 0 Å². The molecular formula is C28H34Cl4N2O2. The summed E-state index contributed by atoms with van der Waals surface area (Å²) in [6, 6.07) is 22.8. The molecule has 36 heavy (non-hydrogen) atoms. The van der Waals surface area contributed by atoms with E-state index in [4.69, 9.17) is 32.7 Å². The fourth-order valence-electron chi connectivity index (χ4n) is 4.26. The topological polar surface area (TPSA) is 33.7 Å². The Labute approximate surface area is 237 Å². The molecule has 1 aliphatic heterocycles. The lowest BCUT2D eigenvalue weighted by molar-refractivity contribution is 0.190. The minimum absolute atomic E-state index is 0. The third-order valence-electron chi connectivity index (χ3n) is 6.10. The highest BCUT2D eigenvalue weighted by atomic mass is 35.5. The highest BCUT2D eigenvalue weighted by Gasteiger charge is 2.19. The Hall–Kier alpha value is -1.66. The first-order valence-corrected chi connectivity index (χ1v) is 12.7. The Morgan fingerprint density at radius 1 is 0.861 bits per heavy atom. The van der Waals surface area contributed by atoms with Crippen LogP contribution in [0.5, 0.6) is 11.5 Å². The molecule has 0 saturated carbocycles. The van der Waals surface area contributed by atoms with E-state index in [2.05, 4.69) is 40.5 Å². The molecule has 196 valence electrons. The Balaban J connectivity index is 0.00000228. The molecule has 3 aromatic rings. The van der Waals surface area contributed by atoms with Crippen LogP contribution in [0.4, 0.5) is 0 Å². The third-order valence-corrected chi connectivity index (χ3v) is 6.63. The largest absolute Gasteiger partial charge is 0.490 e. The number of likely N-dealkylation sites (tertiary alicyclic amines) is 1.